The summed E-state index contributed by atoms with van der Waals surface area (Å²) in [5, 5.41) is 19.8. The van der Waals surface area contributed by atoms with Crippen LogP contribution in [0.5, 0.6) is 5.75 Å². The minimum atomic E-state index is -0.609. The van der Waals surface area contributed by atoms with Gasteiger partial charge in [0.05, 0.1) is 16.7 Å². The van der Waals surface area contributed by atoms with Crippen LogP contribution in [0.3, 0.4) is 0 Å². The number of benzene rings is 1. The lowest BCUT2D eigenvalue weighted by molar-refractivity contribution is -0.385. The van der Waals surface area contributed by atoms with Crippen molar-refractivity contribution in [1.29, 1.82) is 0 Å². The number of aromatic hydroxyl groups is 1. The van der Waals surface area contributed by atoms with E-state index in [1.54, 1.807) is 0 Å². The molecule has 0 aromatic heterocycles. The summed E-state index contributed by atoms with van der Waals surface area (Å²) in [6.45, 7) is 1.43. The molecule has 0 aliphatic rings. The number of phenols is 1. The van der Waals surface area contributed by atoms with Gasteiger partial charge >= 0.3 is 0 Å². The largest absolute Gasteiger partial charge is 0.508 e. The molecule has 0 heterocycles. The average molecular weight is 251 g/mol. The zero-order chi connectivity index (χ0) is 12.8. The molecule has 1 aromatic carbocycles. The van der Waals surface area contributed by atoms with Gasteiger partial charge in [0.25, 0.3) is 5.69 Å². The van der Waals surface area contributed by atoms with E-state index in [0.29, 0.717) is 0 Å². The average Bonchev–Trinajstić information content (AvgIpc) is 2.25. The molecular weight excluding hydrogens is 242 g/mol. The van der Waals surface area contributed by atoms with Gasteiger partial charge in [0.15, 0.2) is 5.12 Å². The number of nitro benzene ring substituents is 1. The second kappa shape index (κ2) is 5.92. The van der Waals surface area contributed by atoms with Gasteiger partial charge in [-0.05, 0) is 12.1 Å². The second-order valence-corrected chi connectivity index (χ2v) is 4.19. The molecule has 1 N–H and O–H groups in total. The highest BCUT2D eigenvalue weighted by molar-refractivity contribution is 8.13. The van der Waals surface area contributed by atoms with Gasteiger partial charge in [0.2, 0.25) is 0 Å². The molecule has 0 aliphatic heterocycles. The summed E-state index contributed by atoms with van der Waals surface area (Å²) in [6, 6.07) is 3.75. The van der Waals surface area contributed by atoms with Crippen LogP contribution in [-0.2, 0) is 4.79 Å². The fraction of sp³-hybridized carbons (Fsp3) is 0.182. The first-order valence-electron chi connectivity index (χ1n) is 4.60. The van der Waals surface area contributed by atoms with Crippen LogP contribution in [0.1, 0.15) is 12.5 Å². The highest BCUT2D eigenvalue weighted by Gasteiger charge is 2.12. The standard InChI is InChI=1S/C11H9NO4S/c1-8(13)17-6-2-3-9-4-5-10(14)7-11(9)12(15)16/h4-5,7,14H,6H2,1H3. The fourth-order valence-electron chi connectivity index (χ4n) is 1.05. The van der Waals surface area contributed by atoms with E-state index in [2.05, 4.69) is 11.8 Å². The summed E-state index contributed by atoms with van der Waals surface area (Å²) in [5.74, 6) is 5.36. The zero-order valence-corrected chi connectivity index (χ0v) is 9.78. The van der Waals surface area contributed by atoms with Crippen LogP contribution in [0.25, 0.3) is 0 Å². The Morgan fingerprint density at radius 2 is 2.29 bits per heavy atom. The summed E-state index contributed by atoms with van der Waals surface area (Å²) in [4.78, 5) is 20.7. The number of carbonyl (C=O) groups is 1. The van der Waals surface area contributed by atoms with Crippen molar-refractivity contribution in [2.24, 2.45) is 0 Å². The molecule has 0 atom stereocenters. The van der Waals surface area contributed by atoms with Crippen molar-refractivity contribution < 1.29 is 14.8 Å². The molecule has 0 saturated heterocycles. The Labute approximate surface area is 102 Å². The molecule has 6 heteroatoms. The summed E-state index contributed by atoms with van der Waals surface area (Å²) in [7, 11) is 0. The van der Waals surface area contributed by atoms with Crippen molar-refractivity contribution in [3.63, 3.8) is 0 Å². The van der Waals surface area contributed by atoms with Gasteiger partial charge < -0.3 is 5.11 Å². The highest BCUT2D eigenvalue weighted by Crippen LogP contribution is 2.22. The van der Waals surface area contributed by atoms with E-state index in [1.807, 2.05) is 0 Å². The minimum absolute atomic E-state index is 0.0560. The molecule has 0 fully saturated rings. The Kier molecular flexibility index (Phi) is 4.55. The fourth-order valence-corrected chi connectivity index (χ4v) is 1.39. The lowest BCUT2D eigenvalue weighted by Crippen LogP contribution is -1.92. The molecule has 88 valence electrons. The maximum absolute atomic E-state index is 10.7. The summed E-state index contributed by atoms with van der Waals surface area (Å²) >= 11 is 1.04. The lowest BCUT2D eigenvalue weighted by Gasteiger charge is -1.96. The number of thioether (sulfide) groups is 1. The molecule has 0 saturated carbocycles. The smallest absolute Gasteiger partial charge is 0.288 e. The Hall–Kier alpha value is -2.00. The monoisotopic (exact) mass is 251 g/mol. The third-order valence-corrected chi connectivity index (χ3v) is 2.44. The van der Waals surface area contributed by atoms with Gasteiger partial charge in [-0.2, -0.15) is 0 Å². The van der Waals surface area contributed by atoms with E-state index in [4.69, 9.17) is 5.11 Å². The van der Waals surface area contributed by atoms with E-state index in [9.17, 15) is 14.9 Å². The van der Waals surface area contributed by atoms with Crippen LogP contribution in [0.2, 0.25) is 0 Å². The topological polar surface area (TPSA) is 80.4 Å². The Morgan fingerprint density at radius 3 is 2.88 bits per heavy atom. The molecular formula is C11H9NO4S. The quantitative estimate of drug-likeness (QED) is 0.493. The molecule has 0 unspecified atom stereocenters. The van der Waals surface area contributed by atoms with E-state index in [-0.39, 0.29) is 27.9 Å². The maximum atomic E-state index is 10.7. The third kappa shape index (κ3) is 4.17. The minimum Gasteiger partial charge on any atom is -0.508 e. The molecule has 17 heavy (non-hydrogen) atoms. The van der Waals surface area contributed by atoms with E-state index in [1.165, 1.54) is 19.1 Å². The molecule has 0 amide bonds. The SMILES string of the molecule is CC(=O)SCC#Cc1ccc(O)cc1[N+](=O)[O-]. The Morgan fingerprint density at radius 1 is 1.59 bits per heavy atom. The molecule has 0 aliphatic carbocycles. The molecule has 0 spiro atoms. The third-order valence-electron chi connectivity index (χ3n) is 1.75. The molecule has 5 nitrogen and oxygen atoms in total. The molecule has 1 aromatic rings. The summed E-state index contributed by atoms with van der Waals surface area (Å²) < 4.78 is 0. The van der Waals surface area contributed by atoms with Crippen LogP contribution >= 0.6 is 11.8 Å². The van der Waals surface area contributed by atoms with Crippen LogP contribution < -0.4 is 0 Å². The van der Waals surface area contributed by atoms with Crippen molar-refractivity contribution in [3.05, 3.63) is 33.9 Å². The first-order chi connectivity index (χ1) is 8.00. The number of phenolic OH excluding ortho intramolecular Hbond substituents is 1. The van der Waals surface area contributed by atoms with Gasteiger partial charge in [-0.3, -0.25) is 14.9 Å². The molecule has 1 rings (SSSR count). The number of nitro groups is 1. The number of nitrogens with zero attached hydrogens (tertiary/aromatic N) is 1. The summed E-state index contributed by atoms with van der Waals surface area (Å²) in [6.07, 6.45) is 0. The number of rotatable bonds is 2. The van der Waals surface area contributed by atoms with Crippen LogP contribution in [-0.4, -0.2) is 20.9 Å². The van der Waals surface area contributed by atoms with Gasteiger partial charge in [-0.25, -0.2) is 0 Å². The van der Waals surface area contributed by atoms with Gasteiger partial charge in [-0.15, -0.1) is 0 Å². The maximum Gasteiger partial charge on any atom is 0.288 e. The van der Waals surface area contributed by atoms with Crippen LogP contribution in [0.4, 0.5) is 5.69 Å². The van der Waals surface area contributed by atoms with Crippen LogP contribution in [0.15, 0.2) is 18.2 Å². The van der Waals surface area contributed by atoms with Crippen molar-refractivity contribution in [1.82, 2.24) is 0 Å². The summed E-state index contributed by atoms with van der Waals surface area (Å²) in [5.41, 5.74) is -0.0257. The second-order valence-electron chi connectivity index (χ2n) is 3.04. The predicted molar refractivity (Wildman–Crippen MR) is 64.8 cm³/mol. The van der Waals surface area contributed by atoms with Crippen molar-refractivity contribution in [2.45, 2.75) is 6.92 Å². The zero-order valence-electron chi connectivity index (χ0n) is 8.97. The van der Waals surface area contributed by atoms with E-state index < -0.39 is 4.92 Å². The number of hydrogen-bond donors (Lipinski definition) is 1. The van der Waals surface area contributed by atoms with Crippen LogP contribution in [0, 0.1) is 22.0 Å². The van der Waals surface area contributed by atoms with E-state index in [0.717, 1.165) is 17.8 Å². The highest BCUT2D eigenvalue weighted by atomic mass is 32.2. The number of carbonyl (C=O) groups excluding carboxylic acids is 1. The molecule has 0 bridgehead atoms. The van der Waals surface area contributed by atoms with Crippen molar-refractivity contribution in [3.8, 4) is 17.6 Å². The number of hydrogen-bond acceptors (Lipinski definition) is 5. The van der Waals surface area contributed by atoms with Crippen molar-refractivity contribution in [2.75, 3.05) is 5.75 Å². The van der Waals surface area contributed by atoms with Crippen molar-refractivity contribution >= 4 is 22.6 Å². The van der Waals surface area contributed by atoms with Gasteiger partial charge in [0, 0.05) is 6.92 Å². The molecule has 0 radical (unpaired) electrons. The van der Waals surface area contributed by atoms with Gasteiger partial charge in [-0.1, -0.05) is 23.6 Å². The van der Waals surface area contributed by atoms with E-state index >= 15 is 0 Å². The normalized spacial score (nSPS) is 9.24. The Bertz CT molecular complexity index is 516. The Balaban J connectivity index is 2.90. The van der Waals surface area contributed by atoms with Gasteiger partial charge in [0.1, 0.15) is 11.3 Å². The first-order valence-corrected chi connectivity index (χ1v) is 5.59. The lowest BCUT2D eigenvalue weighted by atomic mass is 10.2. The predicted octanol–water partition coefficient (Wildman–Crippen LogP) is 1.93. The first kappa shape index (κ1) is 13.1.